The van der Waals surface area contributed by atoms with Gasteiger partial charge in [0.2, 0.25) is 0 Å². The van der Waals surface area contributed by atoms with E-state index in [2.05, 4.69) is 39.1 Å². The second kappa shape index (κ2) is 5.05. The molecule has 0 atom stereocenters. The summed E-state index contributed by atoms with van der Waals surface area (Å²) < 4.78 is 0. The van der Waals surface area contributed by atoms with E-state index in [4.69, 9.17) is 0 Å². The van der Waals surface area contributed by atoms with E-state index in [-0.39, 0.29) is 0 Å². The fraction of sp³-hybridized carbons (Fsp3) is 0.417. The highest BCUT2D eigenvalue weighted by atomic mass is 15.0. The second-order valence-electron chi connectivity index (χ2n) is 4.28. The van der Waals surface area contributed by atoms with Crippen LogP contribution in [0, 0.1) is 6.92 Å². The van der Waals surface area contributed by atoms with Crippen LogP contribution in [0.1, 0.15) is 25.4 Å². The number of rotatable bonds is 4. The Morgan fingerprint density at radius 1 is 1.35 bits per heavy atom. The Morgan fingerprint density at radius 2 is 2.18 bits per heavy atom. The van der Waals surface area contributed by atoms with E-state index >= 15 is 0 Å². The van der Waals surface area contributed by atoms with Gasteiger partial charge >= 0.3 is 0 Å². The molecular weight excluding hydrogens is 214 g/mol. The number of imidazole rings is 1. The summed E-state index contributed by atoms with van der Waals surface area (Å²) in [4.78, 5) is 16.0. The molecule has 0 radical (unpaired) electrons. The lowest BCUT2D eigenvalue weighted by Gasteiger charge is -2.05. The molecule has 17 heavy (non-hydrogen) atoms. The van der Waals surface area contributed by atoms with Crippen molar-refractivity contribution in [3.8, 4) is 11.5 Å². The van der Waals surface area contributed by atoms with Gasteiger partial charge in [0.1, 0.15) is 11.5 Å². The highest BCUT2D eigenvalue weighted by Crippen LogP contribution is 2.12. The lowest BCUT2D eigenvalue weighted by molar-refractivity contribution is 0.583. The number of aromatic amines is 1. The van der Waals surface area contributed by atoms with Crippen molar-refractivity contribution in [3.05, 3.63) is 30.0 Å². The molecule has 2 aromatic rings. The maximum absolute atomic E-state index is 4.33. The molecule has 0 saturated heterocycles. The van der Waals surface area contributed by atoms with Gasteiger partial charge in [-0.25, -0.2) is 15.0 Å². The predicted octanol–water partition coefficient (Wildman–Crippen LogP) is 1.67. The normalized spacial score (nSPS) is 11.1. The van der Waals surface area contributed by atoms with Crippen LogP contribution in [0.4, 0.5) is 0 Å². The summed E-state index contributed by atoms with van der Waals surface area (Å²) in [6.07, 6.45) is 3.58. The molecule has 0 aliphatic heterocycles. The molecule has 0 bridgehead atoms. The van der Waals surface area contributed by atoms with Gasteiger partial charge in [0.15, 0.2) is 5.82 Å². The van der Waals surface area contributed by atoms with E-state index in [9.17, 15) is 0 Å². The average molecular weight is 231 g/mol. The molecule has 0 spiro atoms. The van der Waals surface area contributed by atoms with Crippen molar-refractivity contribution in [2.45, 2.75) is 33.4 Å². The Kier molecular flexibility index (Phi) is 3.49. The standard InChI is InChI=1S/C12H17N5/c1-8(2)14-6-10-7-15-12(17-10)11-4-5-13-9(3)16-11/h4-5,7-8,14H,6H2,1-3H3,(H,15,17). The maximum atomic E-state index is 4.33. The summed E-state index contributed by atoms with van der Waals surface area (Å²) in [6.45, 7) is 6.89. The largest absolute Gasteiger partial charge is 0.339 e. The van der Waals surface area contributed by atoms with Crippen molar-refractivity contribution in [1.29, 1.82) is 0 Å². The monoisotopic (exact) mass is 231 g/mol. The molecule has 0 aliphatic carbocycles. The van der Waals surface area contributed by atoms with Gasteiger partial charge in [0, 0.05) is 24.5 Å². The van der Waals surface area contributed by atoms with Crippen LogP contribution in [-0.2, 0) is 6.54 Å². The quantitative estimate of drug-likeness (QED) is 0.840. The zero-order valence-electron chi connectivity index (χ0n) is 10.4. The molecule has 90 valence electrons. The highest BCUT2D eigenvalue weighted by Gasteiger charge is 2.05. The van der Waals surface area contributed by atoms with Gasteiger partial charge in [0.25, 0.3) is 0 Å². The SMILES string of the molecule is Cc1nccc(-c2ncc(CNC(C)C)[nH]2)n1. The number of nitrogens with one attached hydrogen (secondary N) is 2. The molecule has 0 amide bonds. The van der Waals surface area contributed by atoms with Crippen molar-refractivity contribution in [2.24, 2.45) is 0 Å². The molecule has 5 nitrogen and oxygen atoms in total. The van der Waals surface area contributed by atoms with E-state index in [0.717, 1.165) is 29.6 Å². The van der Waals surface area contributed by atoms with Gasteiger partial charge in [-0.05, 0) is 13.0 Å². The topological polar surface area (TPSA) is 66.5 Å². The van der Waals surface area contributed by atoms with Crippen LogP contribution in [-0.4, -0.2) is 26.0 Å². The van der Waals surface area contributed by atoms with Gasteiger partial charge in [-0.1, -0.05) is 13.8 Å². The first-order valence-corrected chi connectivity index (χ1v) is 5.72. The van der Waals surface area contributed by atoms with E-state index in [1.807, 2.05) is 19.2 Å². The van der Waals surface area contributed by atoms with Crippen LogP contribution in [0.15, 0.2) is 18.5 Å². The van der Waals surface area contributed by atoms with Gasteiger partial charge < -0.3 is 10.3 Å². The Balaban J connectivity index is 2.12. The number of hydrogen-bond donors (Lipinski definition) is 2. The van der Waals surface area contributed by atoms with Crippen LogP contribution >= 0.6 is 0 Å². The smallest absolute Gasteiger partial charge is 0.156 e. The van der Waals surface area contributed by atoms with Crippen LogP contribution in [0.25, 0.3) is 11.5 Å². The molecule has 0 saturated carbocycles. The fourth-order valence-electron chi connectivity index (χ4n) is 1.48. The minimum absolute atomic E-state index is 0.461. The third-order valence-corrected chi connectivity index (χ3v) is 2.35. The Morgan fingerprint density at radius 3 is 2.88 bits per heavy atom. The van der Waals surface area contributed by atoms with Gasteiger partial charge in [-0.2, -0.15) is 0 Å². The third-order valence-electron chi connectivity index (χ3n) is 2.35. The average Bonchev–Trinajstić information content (AvgIpc) is 2.75. The number of aryl methyl sites for hydroxylation is 1. The molecule has 2 N–H and O–H groups in total. The van der Waals surface area contributed by atoms with E-state index in [1.165, 1.54) is 0 Å². The number of hydrogen-bond acceptors (Lipinski definition) is 4. The molecule has 2 heterocycles. The number of H-pyrrole nitrogens is 1. The second-order valence-corrected chi connectivity index (χ2v) is 4.28. The van der Waals surface area contributed by atoms with Crippen LogP contribution in [0.3, 0.4) is 0 Å². The zero-order valence-corrected chi connectivity index (χ0v) is 10.4. The molecule has 5 heteroatoms. The summed E-state index contributed by atoms with van der Waals surface area (Å²) in [7, 11) is 0. The molecule has 2 aromatic heterocycles. The lowest BCUT2D eigenvalue weighted by atomic mass is 10.3. The number of aromatic nitrogens is 4. The summed E-state index contributed by atoms with van der Waals surface area (Å²) in [5, 5.41) is 3.33. The van der Waals surface area contributed by atoms with E-state index in [0.29, 0.717) is 6.04 Å². The molecule has 0 aliphatic rings. The first-order valence-electron chi connectivity index (χ1n) is 5.72. The molecule has 0 aromatic carbocycles. The summed E-state index contributed by atoms with van der Waals surface area (Å²) in [5.74, 6) is 1.54. The van der Waals surface area contributed by atoms with Crippen molar-refractivity contribution >= 4 is 0 Å². The van der Waals surface area contributed by atoms with Crippen LogP contribution in [0.5, 0.6) is 0 Å². The Hall–Kier alpha value is -1.75. The van der Waals surface area contributed by atoms with Gasteiger partial charge in [0.05, 0.1) is 6.20 Å². The van der Waals surface area contributed by atoms with Crippen molar-refractivity contribution in [3.63, 3.8) is 0 Å². The van der Waals surface area contributed by atoms with Crippen LogP contribution in [0.2, 0.25) is 0 Å². The third kappa shape index (κ3) is 3.10. The number of nitrogens with zero attached hydrogens (tertiary/aromatic N) is 3. The fourth-order valence-corrected chi connectivity index (χ4v) is 1.48. The molecular formula is C12H17N5. The summed E-state index contributed by atoms with van der Waals surface area (Å²) in [5.41, 5.74) is 1.89. The Labute approximate surface area is 101 Å². The first-order chi connectivity index (χ1) is 8.15. The first kappa shape index (κ1) is 11.7. The maximum Gasteiger partial charge on any atom is 0.156 e. The minimum Gasteiger partial charge on any atom is -0.339 e. The van der Waals surface area contributed by atoms with Gasteiger partial charge in [-0.3, -0.25) is 0 Å². The summed E-state index contributed by atoms with van der Waals surface area (Å²) >= 11 is 0. The highest BCUT2D eigenvalue weighted by molar-refractivity contribution is 5.48. The van der Waals surface area contributed by atoms with Crippen molar-refractivity contribution in [2.75, 3.05) is 0 Å². The van der Waals surface area contributed by atoms with Crippen molar-refractivity contribution < 1.29 is 0 Å². The van der Waals surface area contributed by atoms with Crippen molar-refractivity contribution in [1.82, 2.24) is 25.3 Å². The zero-order chi connectivity index (χ0) is 12.3. The molecule has 0 fully saturated rings. The summed E-state index contributed by atoms with van der Waals surface area (Å²) in [6, 6.07) is 2.31. The van der Waals surface area contributed by atoms with Crippen LogP contribution < -0.4 is 5.32 Å². The predicted molar refractivity (Wildman–Crippen MR) is 66.3 cm³/mol. The minimum atomic E-state index is 0.461. The molecule has 2 rings (SSSR count). The van der Waals surface area contributed by atoms with E-state index < -0.39 is 0 Å². The van der Waals surface area contributed by atoms with E-state index in [1.54, 1.807) is 6.20 Å². The Bertz CT molecular complexity index is 489. The molecule has 0 unspecified atom stereocenters. The van der Waals surface area contributed by atoms with Gasteiger partial charge in [-0.15, -0.1) is 0 Å². The lowest BCUT2D eigenvalue weighted by Crippen LogP contribution is -2.21.